The molecular weight excluding hydrogens is 224 g/mol. The van der Waals surface area contributed by atoms with E-state index in [1.165, 1.54) is 18.5 Å². The smallest absolute Gasteiger partial charge is 0.328 e. The number of halogens is 1. The molecule has 0 fully saturated rings. The molecule has 12 heavy (non-hydrogen) atoms. The summed E-state index contributed by atoms with van der Waals surface area (Å²) in [5, 5.41) is 8.29. The fourth-order valence-corrected chi connectivity index (χ4v) is 0.770. The largest absolute Gasteiger partial charge is 0.478 e. The Kier molecular flexibility index (Phi) is 2.93. The number of aliphatic carboxylic acids is 1. The number of rotatable bonds is 2. The number of carboxylic acid groups (broad SMARTS) is 1. The Morgan fingerprint density at radius 3 is 2.75 bits per heavy atom. The summed E-state index contributed by atoms with van der Waals surface area (Å²) >= 11 is 3.11. The summed E-state index contributed by atoms with van der Waals surface area (Å²) in [6.45, 7) is 0. The standard InChI is InChI=1S/C7H5BrN2O2/c8-6-4-9-5(3-10-6)1-2-7(11)12/h1-4H,(H,11,12). The molecular formula is C7H5BrN2O2. The van der Waals surface area contributed by atoms with Crippen molar-refractivity contribution >= 4 is 28.0 Å². The Hall–Kier alpha value is -1.23. The lowest BCUT2D eigenvalue weighted by Gasteiger charge is -1.90. The van der Waals surface area contributed by atoms with Crippen LogP contribution in [0.3, 0.4) is 0 Å². The van der Waals surface area contributed by atoms with Crippen LogP contribution in [0.5, 0.6) is 0 Å². The maximum atomic E-state index is 10.1. The van der Waals surface area contributed by atoms with E-state index < -0.39 is 5.97 Å². The van der Waals surface area contributed by atoms with Crippen molar-refractivity contribution in [3.05, 3.63) is 28.8 Å². The third-order valence-electron chi connectivity index (χ3n) is 1.04. The number of hydrogen-bond donors (Lipinski definition) is 1. The first-order valence-corrected chi connectivity index (χ1v) is 3.86. The zero-order chi connectivity index (χ0) is 8.97. The van der Waals surface area contributed by atoms with Gasteiger partial charge in [0.1, 0.15) is 4.60 Å². The molecule has 1 aromatic rings. The van der Waals surface area contributed by atoms with E-state index in [-0.39, 0.29) is 0 Å². The van der Waals surface area contributed by atoms with Crippen LogP contribution in [0, 0.1) is 0 Å². The topological polar surface area (TPSA) is 63.1 Å². The molecule has 5 heteroatoms. The van der Waals surface area contributed by atoms with Gasteiger partial charge in [0, 0.05) is 6.08 Å². The summed E-state index contributed by atoms with van der Waals surface area (Å²) in [6.07, 6.45) is 5.37. The van der Waals surface area contributed by atoms with Crippen LogP contribution in [0.1, 0.15) is 5.69 Å². The second kappa shape index (κ2) is 3.96. The van der Waals surface area contributed by atoms with E-state index in [9.17, 15) is 4.79 Å². The fraction of sp³-hybridized carbons (Fsp3) is 0. The molecule has 1 rings (SSSR count). The quantitative estimate of drug-likeness (QED) is 0.777. The van der Waals surface area contributed by atoms with E-state index >= 15 is 0 Å². The Bertz CT molecular complexity index is 308. The predicted octanol–water partition coefficient (Wildman–Crippen LogP) is 1.34. The minimum Gasteiger partial charge on any atom is -0.478 e. The molecule has 62 valence electrons. The van der Waals surface area contributed by atoms with Crippen molar-refractivity contribution in [3.8, 4) is 0 Å². The first-order valence-electron chi connectivity index (χ1n) is 3.07. The maximum absolute atomic E-state index is 10.1. The zero-order valence-electron chi connectivity index (χ0n) is 5.94. The van der Waals surface area contributed by atoms with Crippen molar-refractivity contribution in [2.24, 2.45) is 0 Å². The van der Waals surface area contributed by atoms with Gasteiger partial charge in [-0.2, -0.15) is 0 Å². The van der Waals surface area contributed by atoms with Gasteiger partial charge >= 0.3 is 5.97 Å². The molecule has 0 bridgehead atoms. The van der Waals surface area contributed by atoms with Gasteiger partial charge in [0.2, 0.25) is 0 Å². The van der Waals surface area contributed by atoms with Crippen molar-refractivity contribution in [2.75, 3.05) is 0 Å². The Balaban J connectivity index is 2.77. The molecule has 0 aromatic carbocycles. The molecule has 0 unspecified atom stereocenters. The second-order valence-corrected chi connectivity index (χ2v) is 2.75. The fourth-order valence-electron chi connectivity index (χ4n) is 0.565. The highest BCUT2D eigenvalue weighted by Gasteiger charge is 1.91. The van der Waals surface area contributed by atoms with E-state index in [2.05, 4.69) is 25.9 Å². The molecule has 0 atom stereocenters. The summed E-state index contributed by atoms with van der Waals surface area (Å²) < 4.78 is 0.620. The molecule has 1 N–H and O–H groups in total. The second-order valence-electron chi connectivity index (χ2n) is 1.94. The van der Waals surface area contributed by atoms with E-state index in [1.54, 1.807) is 0 Å². The Labute approximate surface area is 77.1 Å². The summed E-state index contributed by atoms with van der Waals surface area (Å²) in [5.41, 5.74) is 0.514. The van der Waals surface area contributed by atoms with Gasteiger partial charge in [0.15, 0.2) is 0 Å². The van der Waals surface area contributed by atoms with Crippen LogP contribution in [0.15, 0.2) is 23.1 Å². The van der Waals surface area contributed by atoms with Gasteiger partial charge in [-0.25, -0.2) is 9.78 Å². The average Bonchev–Trinajstić information content (AvgIpc) is 2.03. The molecule has 0 saturated heterocycles. The van der Waals surface area contributed by atoms with Crippen molar-refractivity contribution < 1.29 is 9.90 Å². The molecule has 0 aliphatic carbocycles. The number of aromatic nitrogens is 2. The van der Waals surface area contributed by atoms with E-state index in [4.69, 9.17) is 5.11 Å². The minimum atomic E-state index is -1.00. The van der Waals surface area contributed by atoms with Crippen molar-refractivity contribution in [2.45, 2.75) is 0 Å². The van der Waals surface area contributed by atoms with Gasteiger partial charge in [-0.05, 0) is 22.0 Å². The van der Waals surface area contributed by atoms with Crippen LogP contribution in [0.2, 0.25) is 0 Å². The SMILES string of the molecule is O=C(O)C=Cc1cnc(Br)cn1. The highest BCUT2D eigenvalue weighted by molar-refractivity contribution is 9.10. The van der Waals surface area contributed by atoms with Crippen LogP contribution in [-0.4, -0.2) is 21.0 Å². The van der Waals surface area contributed by atoms with Crippen molar-refractivity contribution in [1.29, 1.82) is 0 Å². The summed E-state index contributed by atoms with van der Waals surface area (Å²) in [4.78, 5) is 17.9. The lowest BCUT2D eigenvalue weighted by atomic mass is 10.4. The predicted molar refractivity (Wildman–Crippen MR) is 46.4 cm³/mol. The van der Waals surface area contributed by atoms with Crippen LogP contribution >= 0.6 is 15.9 Å². The van der Waals surface area contributed by atoms with Gasteiger partial charge in [0.25, 0.3) is 0 Å². The molecule has 0 aliphatic rings. The lowest BCUT2D eigenvalue weighted by Crippen LogP contribution is -1.88. The van der Waals surface area contributed by atoms with E-state index in [1.807, 2.05) is 0 Å². The molecule has 0 aliphatic heterocycles. The average molecular weight is 229 g/mol. The van der Waals surface area contributed by atoms with Gasteiger partial charge in [-0.3, -0.25) is 4.98 Å². The normalized spacial score (nSPS) is 10.4. The van der Waals surface area contributed by atoms with E-state index in [0.717, 1.165) is 6.08 Å². The number of hydrogen-bond acceptors (Lipinski definition) is 3. The molecule has 4 nitrogen and oxygen atoms in total. The van der Waals surface area contributed by atoms with E-state index in [0.29, 0.717) is 10.3 Å². The Morgan fingerprint density at radius 1 is 1.50 bits per heavy atom. The number of carbonyl (C=O) groups is 1. The third-order valence-corrected chi connectivity index (χ3v) is 1.45. The van der Waals surface area contributed by atoms with Crippen LogP contribution in [0.4, 0.5) is 0 Å². The monoisotopic (exact) mass is 228 g/mol. The lowest BCUT2D eigenvalue weighted by molar-refractivity contribution is -0.131. The summed E-state index contributed by atoms with van der Waals surface area (Å²) in [7, 11) is 0. The third kappa shape index (κ3) is 2.79. The maximum Gasteiger partial charge on any atom is 0.328 e. The van der Waals surface area contributed by atoms with Gasteiger partial charge in [-0.1, -0.05) is 0 Å². The zero-order valence-corrected chi connectivity index (χ0v) is 7.52. The molecule has 1 heterocycles. The minimum absolute atomic E-state index is 0.514. The molecule has 1 aromatic heterocycles. The number of nitrogens with zero attached hydrogens (tertiary/aromatic N) is 2. The first-order chi connectivity index (χ1) is 5.68. The van der Waals surface area contributed by atoms with Crippen LogP contribution < -0.4 is 0 Å². The van der Waals surface area contributed by atoms with Crippen molar-refractivity contribution in [1.82, 2.24) is 9.97 Å². The van der Waals surface area contributed by atoms with Gasteiger partial charge < -0.3 is 5.11 Å². The highest BCUT2D eigenvalue weighted by atomic mass is 79.9. The van der Waals surface area contributed by atoms with Crippen LogP contribution in [-0.2, 0) is 4.79 Å². The number of carboxylic acids is 1. The first kappa shape index (κ1) is 8.86. The molecule has 0 radical (unpaired) electrons. The molecule has 0 amide bonds. The van der Waals surface area contributed by atoms with Gasteiger partial charge in [-0.15, -0.1) is 0 Å². The summed E-state index contributed by atoms with van der Waals surface area (Å²) in [5.74, 6) is -1.00. The van der Waals surface area contributed by atoms with Crippen LogP contribution in [0.25, 0.3) is 6.08 Å². The highest BCUT2D eigenvalue weighted by Crippen LogP contribution is 2.03. The molecule has 0 saturated carbocycles. The van der Waals surface area contributed by atoms with Gasteiger partial charge in [0.05, 0.1) is 18.1 Å². The Morgan fingerprint density at radius 2 is 2.25 bits per heavy atom. The molecule has 0 spiro atoms. The summed E-state index contributed by atoms with van der Waals surface area (Å²) in [6, 6.07) is 0. The van der Waals surface area contributed by atoms with Crippen molar-refractivity contribution in [3.63, 3.8) is 0 Å².